The van der Waals surface area contributed by atoms with Gasteiger partial charge in [0.25, 0.3) is 0 Å². The number of carbonyl (C=O) groups is 1. The lowest BCUT2D eigenvalue weighted by Crippen LogP contribution is -2.45. The molecule has 1 aromatic rings. The van der Waals surface area contributed by atoms with Crippen LogP contribution in [0.1, 0.15) is 51.0 Å². The van der Waals surface area contributed by atoms with Crippen LogP contribution in [-0.4, -0.2) is 42.1 Å². The monoisotopic (exact) mass is 297 g/mol. The molecule has 0 bridgehead atoms. The Hall–Kier alpha value is -1.15. The first-order valence-corrected chi connectivity index (χ1v) is 7.93. The number of aromatic nitrogens is 4. The van der Waals surface area contributed by atoms with E-state index in [1.807, 2.05) is 4.68 Å². The molecule has 2 fully saturated rings. The van der Waals surface area contributed by atoms with Crippen LogP contribution in [0.15, 0.2) is 5.16 Å². The van der Waals surface area contributed by atoms with Crippen LogP contribution in [0, 0.1) is 0 Å². The summed E-state index contributed by atoms with van der Waals surface area (Å²) >= 11 is 1.57. The van der Waals surface area contributed by atoms with Crippen molar-refractivity contribution >= 4 is 17.7 Å². The van der Waals surface area contributed by atoms with Gasteiger partial charge in [-0.2, -0.15) is 0 Å². The van der Waals surface area contributed by atoms with E-state index in [1.165, 1.54) is 12.8 Å². The molecule has 1 heterocycles. The fourth-order valence-electron chi connectivity index (χ4n) is 3.11. The minimum atomic E-state index is -1.08. The highest BCUT2D eigenvalue weighted by molar-refractivity contribution is 7.99. The molecule has 3 rings (SSSR count). The lowest BCUT2D eigenvalue weighted by molar-refractivity contribution is -0.143. The van der Waals surface area contributed by atoms with E-state index in [2.05, 4.69) is 15.5 Å². The fraction of sp³-hybridized carbons (Fsp3) is 0.833. The maximum atomic E-state index is 11.2. The minimum absolute atomic E-state index is 0.183. The van der Waals surface area contributed by atoms with Crippen LogP contribution in [0.5, 0.6) is 0 Å². The third kappa shape index (κ3) is 2.54. The van der Waals surface area contributed by atoms with Crippen LogP contribution in [0.25, 0.3) is 0 Å². The molecule has 2 unspecified atom stereocenters. The molecule has 0 aliphatic heterocycles. The van der Waals surface area contributed by atoms with E-state index in [-0.39, 0.29) is 5.25 Å². The summed E-state index contributed by atoms with van der Waals surface area (Å²) in [6.45, 7) is 0. The maximum absolute atomic E-state index is 11.2. The number of thioether (sulfide) groups is 1. The molecular formula is C12H19N5O2S. The van der Waals surface area contributed by atoms with E-state index in [9.17, 15) is 4.79 Å². The first kappa shape index (κ1) is 13.8. The van der Waals surface area contributed by atoms with E-state index < -0.39 is 11.5 Å². The Morgan fingerprint density at radius 3 is 2.80 bits per heavy atom. The Morgan fingerprint density at radius 2 is 2.15 bits per heavy atom. The van der Waals surface area contributed by atoms with E-state index >= 15 is 0 Å². The molecule has 7 nitrogen and oxygen atoms in total. The Morgan fingerprint density at radius 1 is 1.40 bits per heavy atom. The molecular weight excluding hydrogens is 278 g/mol. The van der Waals surface area contributed by atoms with Crippen molar-refractivity contribution in [1.29, 1.82) is 0 Å². The average molecular weight is 297 g/mol. The van der Waals surface area contributed by atoms with Gasteiger partial charge in [0.1, 0.15) is 5.54 Å². The van der Waals surface area contributed by atoms with E-state index in [0.717, 1.165) is 24.4 Å². The first-order valence-electron chi connectivity index (χ1n) is 7.05. The third-order valence-corrected chi connectivity index (χ3v) is 5.55. The van der Waals surface area contributed by atoms with Gasteiger partial charge in [-0.15, -0.1) is 5.10 Å². The largest absolute Gasteiger partial charge is 0.480 e. The van der Waals surface area contributed by atoms with Gasteiger partial charge in [0.05, 0.1) is 6.04 Å². The molecule has 0 aromatic carbocycles. The minimum Gasteiger partial charge on any atom is -0.480 e. The van der Waals surface area contributed by atoms with E-state index in [0.29, 0.717) is 18.9 Å². The van der Waals surface area contributed by atoms with Crippen LogP contribution >= 0.6 is 11.8 Å². The molecule has 0 spiro atoms. The van der Waals surface area contributed by atoms with Gasteiger partial charge in [-0.3, -0.25) is 4.79 Å². The molecule has 8 heteroatoms. The van der Waals surface area contributed by atoms with Crippen LogP contribution in [0.2, 0.25) is 0 Å². The number of nitrogens with two attached hydrogens (primary N) is 1. The van der Waals surface area contributed by atoms with Crippen molar-refractivity contribution in [2.75, 3.05) is 0 Å². The number of hydrogen-bond acceptors (Lipinski definition) is 6. The lowest BCUT2D eigenvalue weighted by Gasteiger charge is -2.18. The molecule has 0 saturated heterocycles. The molecule has 3 N–H and O–H groups in total. The molecule has 110 valence electrons. The second-order valence-corrected chi connectivity index (χ2v) is 7.06. The molecule has 2 saturated carbocycles. The van der Waals surface area contributed by atoms with Gasteiger partial charge in [0, 0.05) is 5.25 Å². The Kier molecular flexibility index (Phi) is 3.68. The van der Waals surface area contributed by atoms with Crippen LogP contribution in [0.3, 0.4) is 0 Å². The number of rotatable bonds is 4. The highest BCUT2D eigenvalue weighted by atomic mass is 32.2. The van der Waals surface area contributed by atoms with Gasteiger partial charge in [-0.25, -0.2) is 4.68 Å². The number of carboxylic acids is 1. The van der Waals surface area contributed by atoms with Gasteiger partial charge >= 0.3 is 5.97 Å². The lowest BCUT2D eigenvalue weighted by atomic mass is 10.0. The second kappa shape index (κ2) is 5.33. The van der Waals surface area contributed by atoms with Crippen molar-refractivity contribution in [3.05, 3.63) is 0 Å². The smallest absolute Gasteiger partial charge is 0.323 e. The zero-order valence-electron chi connectivity index (χ0n) is 11.2. The van der Waals surface area contributed by atoms with Crippen molar-refractivity contribution in [2.24, 2.45) is 5.73 Å². The summed E-state index contributed by atoms with van der Waals surface area (Å²) in [6.07, 6.45) is 6.49. The van der Waals surface area contributed by atoms with Gasteiger partial charge < -0.3 is 10.8 Å². The predicted octanol–water partition coefficient (Wildman–Crippen LogP) is 1.21. The van der Waals surface area contributed by atoms with E-state index in [1.54, 1.807) is 11.8 Å². The number of carboxylic acid groups (broad SMARTS) is 1. The predicted molar refractivity (Wildman–Crippen MR) is 73.4 cm³/mol. The molecule has 0 radical (unpaired) electrons. The zero-order chi connectivity index (χ0) is 14.2. The summed E-state index contributed by atoms with van der Waals surface area (Å²) < 4.78 is 1.91. The van der Waals surface area contributed by atoms with Gasteiger partial charge in [0.15, 0.2) is 0 Å². The first-order chi connectivity index (χ1) is 9.58. The molecule has 1 aromatic heterocycles. The standard InChI is InChI=1S/C12H19N5O2S/c13-12(10(18)19)6-5-9(7-12)20-11-14-15-16-17(11)8-3-1-2-4-8/h8-9H,1-7,13H2,(H,18,19). The van der Waals surface area contributed by atoms with Gasteiger partial charge in [-0.05, 0) is 42.5 Å². The average Bonchev–Trinajstić information content (AvgIpc) is 3.10. The van der Waals surface area contributed by atoms with Gasteiger partial charge in [0.2, 0.25) is 5.16 Å². The summed E-state index contributed by atoms with van der Waals surface area (Å²) in [5.41, 5.74) is 4.83. The quantitative estimate of drug-likeness (QED) is 0.860. The Bertz CT molecular complexity index is 502. The summed E-state index contributed by atoms with van der Waals surface area (Å²) in [6, 6.07) is 0.399. The summed E-state index contributed by atoms with van der Waals surface area (Å²) in [5, 5.41) is 22.1. The fourth-order valence-corrected chi connectivity index (χ4v) is 4.41. The number of hydrogen-bond donors (Lipinski definition) is 2. The van der Waals surface area contributed by atoms with Crippen molar-refractivity contribution < 1.29 is 9.90 Å². The van der Waals surface area contributed by atoms with Crippen LogP contribution in [0.4, 0.5) is 0 Å². The zero-order valence-corrected chi connectivity index (χ0v) is 12.1. The third-order valence-electron chi connectivity index (χ3n) is 4.34. The van der Waals surface area contributed by atoms with Crippen molar-refractivity contribution in [2.45, 2.75) is 66.9 Å². The maximum Gasteiger partial charge on any atom is 0.323 e. The Balaban J connectivity index is 1.67. The van der Waals surface area contributed by atoms with Crippen LogP contribution < -0.4 is 5.73 Å². The van der Waals surface area contributed by atoms with Crippen molar-refractivity contribution in [1.82, 2.24) is 20.2 Å². The Labute approximate surface area is 121 Å². The SMILES string of the molecule is NC1(C(=O)O)CCC(Sc2nnnn2C2CCCC2)C1. The molecule has 0 amide bonds. The van der Waals surface area contributed by atoms with Gasteiger partial charge in [-0.1, -0.05) is 24.6 Å². The summed E-state index contributed by atoms with van der Waals surface area (Å²) in [4.78, 5) is 11.2. The topological polar surface area (TPSA) is 107 Å². The van der Waals surface area contributed by atoms with Crippen LogP contribution in [-0.2, 0) is 4.79 Å². The van der Waals surface area contributed by atoms with Crippen molar-refractivity contribution in [3.63, 3.8) is 0 Å². The molecule has 20 heavy (non-hydrogen) atoms. The number of aliphatic carboxylic acids is 1. The summed E-state index contributed by atoms with van der Waals surface area (Å²) in [7, 11) is 0. The normalized spacial score (nSPS) is 30.9. The highest BCUT2D eigenvalue weighted by Gasteiger charge is 2.43. The second-order valence-electron chi connectivity index (χ2n) is 5.79. The summed E-state index contributed by atoms with van der Waals surface area (Å²) in [5.74, 6) is -0.906. The highest BCUT2D eigenvalue weighted by Crippen LogP contribution is 2.40. The number of tetrazole rings is 1. The van der Waals surface area contributed by atoms with Crippen molar-refractivity contribution in [3.8, 4) is 0 Å². The van der Waals surface area contributed by atoms with E-state index in [4.69, 9.17) is 10.8 Å². The molecule has 2 aliphatic rings. The number of nitrogens with zero attached hydrogens (tertiary/aromatic N) is 4. The molecule has 2 atom stereocenters. The molecule has 2 aliphatic carbocycles.